The number of aromatic hydroxyl groups is 1. The lowest BCUT2D eigenvalue weighted by Gasteiger charge is -2.31. The molecule has 0 heterocycles. The van der Waals surface area contributed by atoms with Gasteiger partial charge in [-0.1, -0.05) is 31.5 Å². The van der Waals surface area contributed by atoms with Crippen LogP contribution in [0.3, 0.4) is 0 Å². The van der Waals surface area contributed by atoms with Crippen molar-refractivity contribution in [2.75, 3.05) is 20.4 Å². The number of para-hydroxylation sites is 1. The lowest BCUT2D eigenvalue weighted by Crippen LogP contribution is -2.48. The molecule has 0 saturated carbocycles. The average molecular weight is 381 g/mol. The number of esters is 1. The normalized spacial score (nSPS) is 12.3. The van der Waals surface area contributed by atoms with Gasteiger partial charge in [0.15, 0.2) is 0 Å². The molecule has 0 aromatic heterocycles. The van der Waals surface area contributed by atoms with Gasteiger partial charge in [0.25, 0.3) is 0 Å². The van der Waals surface area contributed by atoms with Gasteiger partial charge in [0.2, 0.25) is 0 Å². The van der Waals surface area contributed by atoms with E-state index in [1.165, 1.54) is 12.0 Å². The molecular weight excluding hydrogens is 350 g/mol. The molecule has 1 N–H and O–H groups in total. The summed E-state index contributed by atoms with van der Waals surface area (Å²) in [5.74, 6) is -0.358. The van der Waals surface area contributed by atoms with Gasteiger partial charge in [-0.15, -0.1) is 0 Å². The third kappa shape index (κ3) is 7.86. The molecule has 27 heavy (non-hydrogen) atoms. The van der Waals surface area contributed by atoms with E-state index in [0.29, 0.717) is 24.8 Å². The maximum atomic E-state index is 12.6. The van der Waals surface area contributed by atoms with E-state index in [4.69, 9.17) is 14.2 Å². The number of carbonyl (C=O) groups excluding carboxylic acids is 2. The first kappa shape index (κ1) is 22.8. The minimum absolute atomic E-state index is 0.0752. The Kier molecular flexibility index (Phi) is 9.08. The Labute approximate surface area is 161 Å². The highest BCUT2D eigenvalue weighted by Crippen LogP contribution is 2.18. The van der Waals surface area contributed by atoms with Crippen molar-refractivity contribution >= 4 is 12.1 Å². The number of phenolic OH excluding ortho intramolecular Hbond substituents is 1. The first-order valence-corrected chi connectivity index (χ1v) is 9.11. The first-order chi connectivity index (χ1) is 12.7. The van der Waals surface area contributed by atoms with E-state index in [2.05, 4.69) is 0 Å². The standard InChI is InChI=1S/C20H31NO6/c1-6-9-16(21(14-25-5)19(24)27-20(2,3)4)18(23)26-13-12-15-10-7-8-11-17(15)22/h7-8,10-11,16,22H,6,9,12-14H2,1-5H3/t16-/m0/s1. The number of rotatable bonds is 9. The molecule has 0 spiro atoms. The van der Waals surface area contributed by atoms with Crippen molar-refractivity contribution in [3.05, 3.63) is 29.8 Å². The summed E-state index contributed by atoms with van der Waals surface area (Å²) in [6.07, 6.45) is 0.870. The van der Waals surface area contributed by atoms with Crippen molar-refractivity contribution in [1.29, 1.82) is 0 Å². The lowest BCUT2D eigenvalue weighted by molar-refractivity contribution is -0.152. The van der Waals surface area contributed by atoms with E-state index < -0.39 is 23.7 Å². The Morgan fingerprint density at radius 3 is 2.44 bits per heavy atom. The van der Waals surface area contributed by atoms with E-state index in [9.17, 15) is 14.7 Å². The maximum absolute atomic E-state index is 12.6. The Hall–Kier alpha value is -2.28. The molecule has 0 aliphatic rings. The third-order valence-corrected chi connectivity index (χ3v) is 3.71. The van der Waals surface area contributed by atoms with Crippen LogP contribution < -0.4 is 0 Å². The molecule has 7 nitrogen and oxygen atoms in total. The van der Waals surface area contributed by atoms with Gasteiger partial charge in [0, 0.05) is 13.5 Å². The van der Waals surface area contributed by atoms with E-state index in [-0.39, 0.29) is 19.1 Å². The van der Waals surface area contributed by atoms with Crippen LogP contribution in [0.4, 0.5) is 4.79 Å². The molecule has 0 fully saturated rings. The van der Waals surface area contributed by atoms with Crippen LogP contribution in [0.2, 0.25) is 0 Å². The van der Waals surface area contributed by atoms with Gasteiger partial charge in [-0.3, -0.25) is 4.90 Å². The summed E-state index contributed by atoms with van der Waals surface area (Å²) >= 11 is 0. The smallest absolute Gasteiger partial charge is 0.412 e. The molecule has 0 unspecified atom stereocenters. The van der Waals surface area contributed by atoms with Gasteiger partial charge in [-0.25, -0.2) is 9.59 Å². The maximum Gasteiger partial charge on any atom is 0.412 e. The molecule has 0 saturated heterocycles. The zero-order chi connectivity index (χ0) is 20.4. The highest BCUT2D eigenvalue weighted by atomic mass is 16.6. The number of phenols is 1. The second kappa shape index (κ2) is 10.8. The van der Waals surface area contributed by atoms with Gasteiger partial charge in [0.1, 0.15) is 24.1 Å². The number of carbonyl (C=O) groups is 2. The van der Waals surface area contributed by atoms with E-state index in [1.54, 1.807) is 45.0 Å². The number of nitrogens with zero attached hydrogens (tertiary/aromatic N) is 1. The molecule has 1 aromatic carbocycles. The zero-order valence-electron chi connectivity index (χ0n) is 16.9. The number of hydrogen-bond donors (Lipinski definition) is 1. The highest BCUT2D eigenvalue weighted by molar-refractivity contribution is 5.81. The van der Waals surface area contributed by atoms with Crippen molar-refractivity contribution in [2.45, 2.75) is 58.6 Å². The van der Waals surface area contributed by atoms with E-state index in [0.717, 1.165) is 0 Å². The van der Waals surface area contributed by atoms with Crippen molar-refractivity contribution in [2.24, 2.45) is 0 Å². The molecule has 1 rings (SSSR count). The lowest BCUT2D eigenvalue weighted by atomic mass is 10.1. The fourth-order valence-corrected chi connectivity index (χ4v) is 2.48. The van der Waals surface area contributed by atoms with Crippen molar-refractivity contribution < 1.29 is 28.9 Å². The quantitative estimate of drug-likeness (QED) is 0.521. The van der Waals surface area contributed by atoms with Crippen molar-refractivity contribution in [1.82, 2.24) is 4.90 Å². The van der Waals surface area contributed by atoms with Crippen LogP contribution in [0.25, 0.3) is 0 Å². The van der Waals surface area contributed by atoms with Gasteiger partial charge < -0.3 is 19.3 Å². The molecule has 0 radical (unpaired) electrons. The monoisotopic (exact) mass is 381 g/mol. The van der Waals surface area contributed by atoms with Gasteiger partial charge in [-0.2, -0.15) is 0 Å². The Morgan fingerprint density at radius 1 is 1.22 bits per heavy atom. The second-order valence-corrected chi connectivity index (χ2v) is 7.22. The minimum atomic E-state index is -0.797. The van der Waals surface area contributed by atoms with Gasteiger partial charge >= 0.3 is 12.1 Å². The summed E-state index contributed by atoms with van der Waals surface area (Å²) in [6.45, 7) is 7.22. The van der Waals surface area contributed by atoms with Crippen LogP contribution in [0, 0.1) is 0 Å². The number of ether oxygens (including phenoxy) is 3. The van der Waals surface area contributed by atoms with Crippen molar-refractivity contribution in [3.8, 4) is 5.75 Å². The van der Waals surface area contributed by atoms with Crippen molar-refractivity contribution in [3.63, 3.8) is 0 Å². The average Bonchev–Trinajstić information content (AvgIpc) is 2.58. The summed E-state index contributed by atoms with van der Waals surface area (Å²) in [5, 5.41) is 9.78. The summed E-state index contributed by atoms with van der Waals surface area (Å²) < 4.78 is 15.8. The topological polar surface area (TPSA) is 85.3 Å². The van der Waals surface area contributed by atoms with Gasteiger partial charge in [-0.05, 0) is 38.8 Å². The molecule has 1 atom stereocenters. The number of benzene rings is 1. The van der Waals surface area contributed by atoms with Crippen LogP contribution in [0.5, 0.6) is 5.75 Å². The largest absolute Gasteiger partial charge is 0.508 e. The SMILES string of the molecule is CCC[C@@H](C(=O)OCCc1ccccc1O)N(COC)C(=O)OC(C)(C)C. The van der Waals surface area contributed by atoms with E-state index >= 15 is 0 Å². The summed E-state index contributed by atoms with van der Waals surface area (Å²) in [5.41, 5.74) is 0.00687. The van der Waals surface area contributed by atoms with Crippen LogP contribution in [0.15, 0.2) is 24.3 Å². The second-order valence-electron chi connectivity index (χ2n) is 7.22. The first-order valence-electron chi connectivity index (χ1n) is 9.11. The fourth-order valence-electron chi connectivity index (χ4n) is 2.48. The van der Waals surface area contributed by atoms with Crippen LogP contribution in [-0.2, 0) is 25.4 Å². The molecular formula is C20H31NO6. The predicted molar refractivity (Wildman–Crippen MR) is 101 cm³/mol. The minimum Gasteiger partial charge on any atom is -0.508 e. The zero-order valence-corrected chi connectivity index (χ0v) is 16.9. The van der Waals surface area contributed by atoms with Gasteiger partial charge in [0.05, 0.1) is 6.61 Å². The third-order valence-electron chi connectivity index (χ3n) is 3.71. The highest BCUT2D eigenvalue weighted by Gasteiger charge is 2.33. The molecule has 0 bridgehead atoms. The van der Waals surface area contributed by atoms with E-state index in [1.807, 2.05) is 6.92 Å². The number of amides is 1. The van der Waals surface area contributed by atoms with Crippen LogP contribution >= 0.6 is 0 Å². The fraction of sp³-hybridized carbons (Fsp3) is 0.600. The van der Waals surface area contributed by atoms with Crippen LogP contribution in [-0.4, -0.2) is 54.2 Å². The molecule has 1 aromatic rings. The molecule has 0 aliphatic carbocycles. The molecule has 1 amide bonds. The molecule has 7 heteroatoms. The Bertz CT molecular complexity index is 611. The van der Waals surface area contributed by atoms with Crippen LogP contribution in [0.1, 0.15) is 46.1 Å². The summed E-state index contributed by atoms with van der Waals surface area (Å²) in [6, 6.07) is 6.09. The summed E-state index contributed by atoms with van der Waals surface area (Å²) in [7, 11) is 1.45. The Balaban J connectivity index is 2.78. The predicted octanol–water partition coefficient (Wildman–Crippen LogP) is 3.49. The molecule has 0 aliphatic heterocycles. The number of hydrogen-bond acceptors (Lipinski definition) is 6. The summed E-state index contributed by atoms with van der Waals surface area (Å²) in [4.78, 5) is 26.3. The number of methoxy groups -OCH3 is 1. The Morgan fingerprint density at radius 2 is 1.89 bits per heavy atom. The molecule has 152 valence electrons.